The molecule has 0 saturated carbocycles. The third kappa shape index (κ3) is 8.47. The van der Waals surface area contributed by atoms with Crippen molar-refractivity contribution in [1.82, 2.24) is 15.5 Å². The van der Waals surface area contributed by atoms with Crippen LogP contribution in [0, 0.1) is 5.92 Å². The molecule has 1 saturated heterocycles. The minimum absolute atomic E-state index is 0. The van der Waals surface area contributed by atoms with E-state index in [-0.39, 0.29) is 34.8 Å². The van der Waals surface area contributed by atoms with Gasteiger partial charge in [-0.25, -0.2) is 13.6 Å². The molecule has 1 heterocycles. The van der Waals surface area contributed by atoms with Crippen molar-refractivity contribution in [2.45, 2.75) is 37.5 Å². The standard InChI is InChI=1S/C19H31N5O3S.HI/c1-3-22-19(24-12-9-16(10-13-24)14-18(25)21-2)23-11-8-15-4-6-17(7-5-15)28(20,26)27;/h4-7,16H,3,8-14H2,1-2H3,(H,21,25)(H,22,23)(H2,20,26,27);1H. The minimum atomic E-state index is -3.66. The Bertz CT molecular complexity index is 776. The molecule has 29 heavy (non-hydrogen) atoms. The summed E-state index contributed by atoms with van der Waals surface area (Å²) >= 11 is 0. The lowest BCUT2D eigenvalue weighted by atomic mass is 9.93. The van der Waals surface area contributed by atoms with E-state index in [1.807, 2.05) is 6.92 Å². The number of sulfonamides is 1. The molecule has 0 spiro atoms. The van der Waals surface area contributed by atoms with Crippen LogP contribution in [0.25, 0.3) is 0 Å². The predicted molar refractivity (Wildman–Crippen MR) is 126 cm³/mol. The molecule has 4 N–H and O–H groups in total. The monoisotopic (exact) mass is 537 g/mol. The fraction of sp³-hybridized carbons (Fsp3) is 0.579. The second-order valence-corrected chi connectivity index (χ2v) is 8.54. The Hall–Kier alpha value is -1.40. The second kappa shape index (κ2) is 12.3. The third-order valence-electron chi connectivity index (χ3n) is 4.92. The van der Waals surface area contributed by atoms with Gasteiger partial charge in [0, 0.05) is 39.6 Å². The van der Waals surface area contributed by atoms with Crippen molar-refractivity contribution in [3.8, 4) is 0 Å². The van der Waals surface area contributed by atoms with Crippen molar-refractivity contribution in [1.29, 1.82) is 0 Å². The molecular formula is C19H32IN5O3S. The van der Waals surface area contributed by atoms with Gasteiger partial charge in [0.2, 0.25) is 15.9 Å². The Kier molecular flexibility index (Phi) is 10.9. The highest BCUT2D eigenvalue weighted by Gasteiger charge is 2.23. The first-order valence-corrected chi connectivity index (χ1v) is 11.2. The maximum absolute atomic E-state index is 11.5. The van der Waals surface area contributed by atoms with Crippen LogP contribution in [0.2, 0.25) is 0 Å². The van der Waals surface area contributed by atoms with Gasteiger partial charge in [-0.1, -0.05) is 12.1 Å². The van der Waals surface area contributed by atoms with Gasteiger partial charge in [0.25, 0.3) is 0 Å². The molecule has 1 fully saturated rings. The van der Waals surface area contributed by atoms with Gasteiger partial charge in [-0.05, 0) is 49.8 Å². The fourth-order valence-corrected chi connectivity index (χ4v) is 3.79. The predicted octanol–water partition coefficient (Wildman–Crippen LogP) is 1.31. The van der Waals surface area contributed by atoms with Crippen LogP contribution in [0.1, 0.15) is 31.7 Å². The number of carbonyl (C=O) groups excluding carboxylic acids is 1. The summed E-state index contributed by atoms with van der Waals surface area (Å²) in [6.45, 7) is 5.21. The summed E-state index contributed by atoms with van der Waals surface area (Å²) in [6.07, 6.45) is 3.26. The average molecular weight is 537 g/mol. The first kappa shape index (κ1) is 25.6. The maximum Gasteiger partial charge on any atom is 0.238 e. The first-order valence-electron chi connectivity index (χ1n) is 9.69. The van der Waals surface area contributed by atoms with Gasteiger partial charge < -0.3 is 15.5 Å². The lowest BCUT2D eigenvalue weighted by molar-refractivity contribution is -0.121. The Morgan fingerprint density at radius 3 is 2.38 bits per heavy atom. The molecule has 0 bridgehead atoms. The Labute approximate surface area is 190 Å². The normalized spacial score (nSPS) is 15.6. The van der Waals surface area contributed by atoms with Gasteiger partial charge >= 0.3 is 0 Å². The Balaban J connectivity index is 0.00000420. The largest absolute Gasteiger partial charge is 0.359 e. The van der Waals surface area contributed by atoms with Crippen LogP contribution in [0.15, 0.2) is 34.2 Å². The van der Waals surface area contributed by atoms with Gasteiger partial charge in [0.15, 0.2) is 5.96 Å². The number of primary sulfonamides is 1. The van der Waals surface area contributed by atoms with Crippen molar-refractivity contribution in [2.24, 2.45) is 16.0 Å². The highest BCUT2D eigenvalue weighted by atomic mass is 127. The molecule has 0 unspecified atom stereocenters. The van der Waals surface area contributed by atoms with E-state index in [0.29, 0.717) is 25.3 Å². The van der Waals surface area contributed by atoms with Gasteiger partial charge in [0.1, 0.15) is 0 Å². The molecule has 1 aliphatic heterocycles. The van der Waals surface area contributed by atoms with Crippen molar-refractivity contribution in [2.75, 3.05) is 33.2 Å². The Morgan fingerprint density at radius 1 is 1.24 bits per heavy atom. The maximum atomic E-state index is 11.5. The van der Waals surface area contributed by atoms with Crippen LogP contribution in [0.5, 0.6) is 0 Å². The second-order valence-electron chi connectivity index (χ2n) is 6.98. The molecule has 0 aliphatic carbocycles. The zero-order valence-corrected chi connectivity index (χ0v) is 20.2. The molecule has 0 aromatic heterocycles. The summed E-state index contributed by atoms with van der Waals surface area (Å²) in [4.78, 5) is 18.6. The number of hydrogen-bond donors (Lipinski definition) is 3. The number of guanidine groups is 1. The average Bonchev–Trinajstić information content (AvgIpc) is 2.67. The summed E-state index contributed by atoms with van der Waals surface area (Å²) < 4.78 is 22.6. The van der Waals surface area contributed by atoms with Crippen LogP contribution < -0.4 is 15.8 Å². The highest BCUT2D eigenvalue weighted by Crippen LogP contribution is 2.20. The molecule has 0 radical (unpaired) electrons. The molecular weight excluding hydrogens is 505 g/mol. The van der Waals surface area contributed by atoms with Crippen LogP contribution in [-0.4, -0.2) is 58.4 Å². The summed E-state index contributed by atoms with van der Waals surface area (Å²) in [6, 6.07) is 6.59. The summed E-state index contributed by atoms with van der Waals surface area (Å²) in [5.74, 6) is 1.42. The van der Waals surface area contributed by atoms with E-state index in [1.54, 1.807) is 19.2 Å². The lowest BCUT2D eigenvalue weighted by Crippen LogP contribution is -2.46. The fourth-order valence-electron chi connectivity index (χ4n) is 3.28. The zero-order chi connectivity index (χ0) is 20.6. The molecule has 0 atom stereocenters. The number of benzene rings is 1. The molecule has 1 amide bonds. The molecule has 1 aromatic carbocycles. The van der Waals surface area contributed by atoms with Gasteiger partial charge in [-0.3, -0.25) is 9.79 Å². The van der Waals surface area contributed by atoms with E-state index in [9.17, 15) is 13.2 Å². The van der Waals surface area contributed by atoms with E-state index in [0.717, 1.165) is 44.0 Å². The number of carbonyl (C=O) groups is 1. The molecule has 1 aromatic rings. The van der Waals surface area contributed by atoms with E-state index < -0.39 is 10.0 Å². The number of likely N-dealkylation sites (tertiary alicyclic amines) is 1. The number of hydrogen-bond acceptors (Lipinski definition) is 4. The molecule has 2 rings (SSSR count). The lowest BCUT2D eigenvalue weighted by Gasteiger charge is -2.34. The smallest absolute Gasteiger partial charge is 0.238 e. The summed E-state index contributed by atoms with van der Waals surface area (Å²) in [5.41, 5.74) is 1.01. The number of piperidine rings is 1. The number of halogens is 1. The number of amides is 1. The van der Waals surface area contributed by atoms with Crippen molar-refractivity contribution < 1.29 is 13.2 Å². The zero-order valence-electron chi connectivity index (χ0n) is 17.1. The highest BCUT2D eigenvalue weighted by molar-refractivity contribution is 14.0. The number of nitrogens with zero attached hydrogens (tertiary/aromatic N) is 2. The summed E-state index contributed by atoms with van der Waals surface area (Å²) in [7, 11) is -1.98. The quantitative estimate of drug-likeness (QED) is 0.276. The molecule has 8 nitrogen and oxygen atoms in total. The van der Waals surface area contributed by atoms with Crippen LogP contribution in [0.3, 0.4) is 0 Å². The molecule has 10 heteroatoms. The number of nitrogens with two attached hydrogens (primary N) is 1. The topological polar surface area (TPSA) is 117 Å². The first-order chi connectivity index (χ1) is 13.3. The van der Waals surface area contributed by atoms with Crippen molar-refractivity contribution >= 4 is 45.9 Å². The van der Waals surface area contributed by atoms with Crippen LogP contribution >= 0.6 is 24.0 Å². The van der Waals surface area contributed by atoms with E-state index in [2.05, 4.69) is 15.5 Å². The number of rotatable bonds is 7. The Morgan fingerprint density at radius 2 is 1.86 bits per heavy atom. The van der Waals surface area contributed by atoms with Crippen LogP contribution in [0.4, 0.5) is 0 Å². The van der Waals surface area contributed by atoms with E-state index >= 15 is 0 Å². The number of nitrogens with one attached hydrogen (secondary N) is 2. The van der Waals surface area contributed by atoms with Crippen molar-refractivity contribution in [3.63, 3.8) is 0 Å². The number of aliphatic imine (C=N–C) groups is 1. The van der Waals surface area contributed by atoms with Gasteiger partial charge in [0.05, 0.1) is 4.90 Å². The van der Waals surface area contributed by atoms with Crippen molar-refractivity contribution in [3.05, 3.63) is 29.8 Å². The van der Waals surface area contributed by atoms with E-state index in [4.69, 9.17) is 10.1 Å². The van der Waals surface area contributed by atoms with E-state index in [1.165, 1.54) is 12.1 Å². The summed E-state index contributed by atoms with van der Waals surface area (Å²) in [5, 5.41) is 11.1. The van der Waals surface area contributed by atoms with Gasteiger partial charge in [-0.2, -0.15) is 0 Å². The third-order valence-corrected chi connectivity index (χ3v) is 5.85. The van der Waals surface area contributed by atoms with Gasteiger partial charge in [-0.15, -0.1) is 24.0 Å². The SMILES string of the molecule is CCNC(=NCCc1ccc(S(N)(=O)=O)cc1)N1CCC(CC(=O)NC)CC1.I. The van der Waals surface area contributed by atoms with Crippen LogP contribution in [-0.2, 0) is 21.2 Å². The molecule has 164 valence electrons. The molecule has 1 aliphatic rings. The minimum Gasteiger partial charge on any atom is -0.359 e.